The zero-order chi connectivity index (χ0) is 79.7. The fourth-order valence-corrected chi connectivity index (χ4v) is 11.0. The van der Waals surface area contributed by atoms with Gasteiger partial charge in [-0.05, 0) is 323 Å². The number of aryl methyl sites for hydroxylation is 16. The summed E-state index contributed by atoms with van der Waals surface area (Å²) in [5.74, 6) is 0. The van der Waals surface area contributed by atoms with Crippen molar-refractivity contribution >= 4 is 0 Å². The third-order valence-corrected chi connectivity index (χ3v) is 17.1. The van der Waals surface area contributed by atoms with Crippen molar-refractivity contribution in [2.24, 2.45) is 0 Å². The largest absolute Gasteiger partial charge is 0.264 e. The van der Waals surface area contributed by atoms with E-state index in [1.165, 1.54) is 61.2 Å². The fraction of sp³-hybridized carbons (Fsp3) is 0.167. The van der Waals surface area contributed by atoms with E-state index in [-0.39, 0.29) is 0 Å². The molecule has 16 heteroatoms. The molecule has 0 atom stereocenters. The molecule has 0 saturated carbocycles. The lowest BCUT2D eigenvalue weighted by atomic mass is 10.0. The highest BCUT2D eigenvalue weighted by Crippen LogP contribution is 2.27. The topological polar surface area (TPSA) is 206 Å². The highest BCUT2D eigenvalue weighted by molar-refractivity contribution is 5.69. The Kier molecular flexibility index (Phi) is 31.1. The van der Waals surface area contributed by atoms with Crippen molar-refractivity contribution in [3.8, 4) is 90.2 Å². The molecule has 16 heterocycles. The molecule has 16 aromatic rings. The van der Waals surface area contributed by atoms with Gasteiger partial charge in [-0.3, -0.25) is 79.7 Å². The van der Waals surface area contributed by atoms with Crippen LogP contribution in [0.25, 0.3) is 90.2 Å². The molecule has 0 aromatic carbocycles. The first kappa shape index (κ1) is 82.5. The molecular weight excluding hydrogens is 1380 g/mol. The third-order valence-electron chi connectivity index (χ3n) is 17.1. The van der Waals surface area contributed by atoms with Crippen LogP contribution < -0.4 is 0 Å². The van der Waals surface area contributed by atoms with Gasteiger partial charge in [-0.15, -0.1) is 0 Å². The van der Waals surface area contributed by atoms with Crippen LogP contribution in [0.1, 0.15) is 89.7 Å². The number of pyridine rings is 16. The Hall–Kier alpha value is -13.6. The van der Waals surface area contributed by atoms with Crippen LogP contribution in [-0.4, -0.2) is 79.7 Å². The van der Waals surface area contributed by atoms with Gasteiger partial charge in [0.2, 0.25) is 0 Å². The Labute approximate surface area is 660 Å². The van der Waals surface area contributed by atoms with Gasteiger partial charge in [0.25, 0.3) is 0 Å². The van der Waals surface area contributed by atoms with Gasteiger partial charge in [-0.25, -0.2) is 0 Å². The number of aromatic nitrogens is 16. The van der Waals surface area contributed by atoms with E-state index in [0.717, 1.165) is 119 Å². The monoisotopic (exact) mass is 1470 g/mol. The molecule has 16 rings (SSSR count). The molecule has 0 unspecified atom stereocenters. The molecule has 16 nitrogen and oxygen atoms in total. The standard InChI is InChI=1S/8C12H12N2/c1-9-3-11(7-13-5-9)12-4-10(2)6-14-8-12;1-9-3-6-12(14-7-9)11-5-4-10(2)13-8-11;1-9-7-13-5-3-11(9)12-4-6-14-8-10(12)2;1-9-3-5-13-11(7-9)12-8-10(2)4-6-14-12;1-9-5-3-7-13-11(9)12-10(2)6-4-8-14-12;1-9-3-4-12(14-8-9)11-5-6-13-10(2)7-11;1-9-6-7-11(8-13-9)12-5-3-4-10(2)14-12;1-9-6-7-11(13-8-9)12-5-3-4-10(2)14-12/h8*3-8H,1-2H3. The molecule has 0 fully saturated rings. The van der Waals surface area contributed by atoms with Crippen LogP contribution in [0.3, 0.4) is 0 Å². The lowest BCUT2D eigenvalue weighted by Gasteiger charge is -2.07. The van der Waals surface area contributed by atoms with Crippen LogP contribution in [0.5, 0.6) is 0 Å². The Balaban J connectivity index is 0.000000147. The van der Waals surface area contributed by atoms with Crippen LogP contribution in [-0.2, 0) is 0 Å². The van der Waals surface area contributed by atoms with E-state index < -0.39 is 0 Å². The average molecular weight is 1470 g/mol. The number of rotatable bonds is 8. The maximum atomic E-state index is 4.43. The normalized spacial score (nSPS) is 10.1. The van der Waals surface area contributed by atoms with Gasteiger partial charge >= 0.3 is 0 Å². The van der Waals surface area contributed by atoms with Crippen molar-refractivity contribution in [2.75, 3.05) is 0 Å². The first-order chi connectivity index (χ1) is 54.1. The second kappa shape index (κ2) is 42.2. The van der Waals surface area contributed by atoms with E-state index in [0.29, 0.717) is 0 Å². The predicted molar refractivity (Wildman–Crippen MR) is 456 cm³/mol. The summed E-state index contributed by atoms with van der Waals surface area (Å²) in [5.41, 5.74) is 34.8. The maximum Gasteiger partial charge on any atom is 0.0917 e. The van der Waals surface area contributed by atoms with Crippen LogP contribution >= 0.6 is 0 Å². The van der Waals surface area contributed by atoms with Crippen molar-refractivity contribution < 1.29 is 0 Å². The SMILES string of the molecule is Cc1ccc(-c2ccc(C)nc2)nc1.Cc1ccc(-c2cccc(C)n2)cn1.Cc1ccc(-c2cccc(C)n2)nc1.Cc1ccc(-c2ccnc(C)c2)nc1.Cc1cccnc1-c1ncccc1C.Cc1ccnc(-c2cc(C)ccn2)c1.Cc1cncc(-c2cncc(C)c2)c1.Cc1cnccc1-c1ccncc1C. The Morgan fingerprint density at radius 1 is 0.179 bits per heavy atom. The number of nitrogens with zero attached hydrogens (tertiary/aromatic N) is 16. The minimum atomic E-state index is 0.930. The molecule has 560 valence electrons. The smallest absolute Gasteiger partial charge is 0.0917 e. The van der Waals surface area contributed by atoms with E-state index in [9.17, 15) is 0 Å². The summed E-state index contributed by atoms with van der Waals surface area (Å²) >= 11 is 0. The summed E-state index contributed by atoms with van der Waals surface area (Å²) in [5, 5.41) is 0. The van der Waals surface area contributed by atoms with E-state index >= 15 is 0 Å². The highest BCUT2D eigenvalue weighted by atomic mass is 14.8. The molecule has 0 aliphatic rings. The summed E-state index contributed by atoms with van der Waals surface area (Å²) < 4.78 is 0. The quantitative estimate of drug-likeness (QED) is 0.139. The lowest BCUT2D eigenvalue weighted by molar-refractivity contribution is 1.17. The summed E-state index contributed by atoms with van der Waals surface area (Å²) in [6.07, 6.45) is 33.2. The molecule has 0 radical (unpaired) electrons. The van der Waals surface area contributed by atoms with E-state index in [2.05, 4.69) is 158 Å². The van der Waals surface area contributed by atoms with Crippen molar-refractivity contribution in [3.63, 3.8) is 0 Å². The number of hydrogen-bond donors (Lipinski definition) is 0. The minimum Gasteiger partial charge on any atom is -0.264 e. The first-order valence-corrected chi connectivity index (χ1v) is 36.9. The maximum absolute atomic E-state index is 4.43. The van der Waals surface area contributed by atoms with Gasteiger partial charge < -0.3 is 0 Å². The van der Waals surface area contributed by atoms with Crippen molar-refractivity contribution in [1.82, 2.24) is 79.7 Å². The predicted octanol–water partition coefficient (Wildman–Crippen LogP) is 22.1. The van der Waals surface area contributed by atoms with Crippen LogP contribution in [0.2, 0.25) is 0 Å². The Bertz CT molecular complexity index is 5000. The van der Waals surface area contributed by atoms with Gasteiger partial charge in [0.1, 0.15) is 0 Å². The van der Waals surface area contributed by atoms with E-state index in [4.69, 9.17) is 0 Å². The summed E-state index contributed by atoms with van der Waals surface area (Å²) in [4.78, 5) is 68.3. The molecule has 112 heavy (non-hydrogen) atoms. The molecule has 0 spiro atoms. The molecule has 0 saturated heterocycles. The third kappa shape index (κ3) is 26.4. The van der Waals surface area contributed by atoms with Crippen LogP contribution in [0.4, 0.5) is 0 Å². The second-order valence-corrected chi connectivity index (χ2v) is 27.2. The fourth-order valence-electron chi connectivity index (χ4n) is 11.0. The summed E-state index contributed by atoms with van der Waals surface area (Å²) in [6, 6.07) is 60.6. The van der Waals surface area contributed by atoms with Gasteiger partial charge in [0, 0.05) is 168 Å². The summed E-state index contributed by atoms with van der Waals surface area (Å²) in [6.45, 7) is 32.5. The lowest BCUT2D eigenvalue weighted by Crippen LogP contribution is -1.92. The van der Waals surface area contributed by atoms with Crippen LogP contribution in [0.15, 0.2) is 294 Å². The Morgan fingerprint density at radius 3 is 1.02 bits per heavy atom. The first-order valence-electron chi connectivity index (χ1n) is 36.9. The molecule has 0 N–H and O–H groups in total. The zero-order valence-corrected chi connectivity index (χ0v) is 66.9. The molecule has 0 aliphatic heterocycles. The highest BCUT2D eigenvalue weighted by Gasteiger charge is 2.09. The molecule has 0 amide bonds. The van der Waals surface area contributed by atoms with Crippen molar-refractivity contribution in [2.45, 2.75) is 111 Å². The zero-order valence-electron chi connectivity index (χ0n) is 66.9. The second-order valence-electron chi connectivity index (χ2n) is 27.2. The van der Waals surface area contributed by atoms with Gasteiger partial charge in [-0.1, -0.05) is 42.5 Å². The van der Waals surface area contributed by atoms with Gasteiger partial charge in [0.05, 0.1) is 51.2 Å². The minimum absolute atomic E-state index is 0.930. The average Bonchev–Trinajstić information content (AvgIpc) is 0.830. The van der Waals surface area contributed by atoms with Crippen molar-refractivity contribution in [3.05, 3.63) is 383 Å². The molecular formula is C96H96N16. The van der Waals surface area contributed by atoms with Crippen molar-refractivity contribution in [1.29, 1.82) is 0 Å². The van der Waals surface area contributed by atoms with Crippen LogP contribution in [0, 0.1) is 111 Å². The van der Waals surface area contributed by atoms with Gasteiger partial charge in [-0.2, -0.15) is 0 Å². The molecule has 0 bridgehead atoms. The van der Waals surface area contributed by atoms with Gasteiger partial charge in [0.15, 0.2) is 0 Å². The Morgan fingerprint density at radius 2 is 0.616 bits per heavy atom. The molecule has 0 aliphatic carbocycles. The van der Waals surface area contributed by atoms with E-state index in [1.807, 2.05) is 314 Å². The number of hydrogen-bond acceptors (Lipinski definition) is 16. The molecule has 16 aromatic heterocycles. The summed E-state index contributed by atoms with van der Waals surface area (Å²) in [7, 11) is 0. The van der Waals surface area contributed by atoms with E-state index in [1.54, 1.807) is 12.4 Å².